The van der Waals surface area contributed by atoms with Gasteiger partial charge in [-0.1, -0.05) is 11.6 Å². The Labute approximate surface area is 265 Å². The molecule has 0 atom stereocenters. The molecule has 1 aliphatic rings. The Morgan fingerprint density at radius 1 is 1.09 bits per heavy atom. The number of fused-ring (bicyclic) bond motifs is 1. The molecule has 234 valence electrons. The first-order chi connectivity index (χ1) is 21.9. The zero-order valence-corrected chi connectivity index (χ0v) is 25.9. The topological polar surface area (TPSA) is 96.5 Å². The van der Waals surface area contributed by atoms with Crippen molar-refractivity contribution in [3.63, 3.8) is 0 Å². The molecule has 0 saturated carbocycles. The average Bonchev–Trinajstić information content (AvgIpc) is 3.65. The lowest BCUT2D eigenvalue weighted by atomic mass is 10.1. The van der Waals surface area contributed by atoms with Gasteiger partial charge in [-0.05, 0) is 62.2 Å². The highest BCUT2D eigenvalue weighted by Crippen LogP contribution is 2.26. The summed E-state index contributed by atoms with van der Waals surface area (Å²) in [7, 11) is 1.38. The number of esters is 1. The van der Waals surface area contributed by atoms with E-state index in [4.69, 9.17) is 30.8 Å². The SMILES string of the molecule is CCn1cncc1Cn1c(CN2CCC(Oc3ccnc(COc4ccc(Cl)cc4F)c3)CC2)nc2ccc(C(=O)OC)cc21. The highest BCUT2D eigenvalue weighted by Gasteiger charge is 2.24. The third-order valence-corrected chi connectivity index (χ3v) is 8.20. The van der Waals surface area contributed by atoms with Crippen LogP contribution in [0.4, 0.5) is 4.39 Å². The Morgan fingerprint density at radius 3 is 2.71 bits per heavy atom. The number of benzene rings is 2. The van der Waals surface area contributed by atoms with E-state index in [0.717, 1.165) is 55.0 Å². The van der Waals surface area contributed by atoms with Crippen LogP contribution in [0, 0.1) is 5.82 Å². The lowest BCUT2D eigenvalue weighted by Gasteiger charge is -2.32. The molecular weight excluding hydrogens is 599 g/mol. The van der Waals surface area contributed by atoms with Crippen LogP contribution in [0.15, 0.2) is 67.3 Å². The monoisotopic (exact) mass is 632 g/mol. The standard InChI is InChI=1S/C33H34ClFN6O4/c1-3-40-21-36-17-25(40)18-41-30-14-22(33(42)43-2)4-6-29(30)38-32(41)19-39-12-9-26(10-13-39)45-27-8-11-37-24(16-27)20-44-31-7-5-23(34)15-28(31)35/h4-8,11,14-17,21,26H,3,9-10,12-13,18-20H2,1-2H3. The van der Waals surface area contributed by atoms with Crippen LogP contribution in [-0.4, -0.2) is 61.3 Å². The second kappa shape index (κ2) is 13.7. The van der Waals surface area contributed by atoms with Crippen LogP contribution in [0.3, 0.4) is 0 Å². The van der Waals surface area contributed by atoms with E-state index in [9.17, 15) is 9.18 Å². The molecule has 0 radical (unpaired) electrons. The smallest absolute Gasteiger partial charge is 0.337 e. The predicted molar refractivity (Wildman–Crippen MR) is 167 cm³/mol. The molecule has 6 rings (SSSR count). The molecule has 0 N–H and O–H groups in total. The molecule has 5 aromatic rings. The van der Waals surface area contributed by atoms with Crippen molar-refractivity contribution in [1.82, 2.24) is 29.0 Å². The number of hydrogen-bond acceptors (Lipinski definition) is 8. The van der Waals surface area contributed by atoms with Gasteiger partial charge in [-0.15, -0.1) is 0 Å². The first kappa shape index (κ1) is 30.5. The van der Waals surface area contributed by atoms with Crippen molar-refractivity contribution < 1.29 is 23.4 Å². The number of pyridine rings is 1. The van der Waals surface area contributed by atoms with E-state index in [1.165, 1.54) is 19.2 Å². The normalized spacial score (nSPS) is 14.1. The summed E-state index contributed by atoms with van der Waals surface area (Å²) in [5.74, 6) is 0.848. The van der Waals surface area contributed by atoms with Crippen molar-refractivity contribution >= 4 is 28.6 Å². The van der Waals surface area contributed by atoms with E-state index in [2.05, 4.69) is 30.9 Å². The molecule has 1 aliphatic heterocycles. The minimum absolute atomic E-state index is 0.0477. The van der Waals surface area contributed by atoms with Gasteiger partial charge in [-0.3, -0.25) is 9.88 Å². The maximum absolute atomic E-state index is 14.1. The lowest BCUT2D eigenvalue weighted by Crippen LogP contribution is -2.38. The van der Waals surface area contributed by atoms with Crippen LogP contribution in [0.5, 0.6) is 11.5 Å². The van der Waals surface area contributed by atoms with Crippen LogP contribution >= 0.6 is 11.6 Å². The molecule has 45 heavy (non-hydrogen) atoms. The number of aromatic nitrogens is 5. The molecule has 1 saturated heterocycles. The molecule has 0 aliphatic carbocycles. The summed E-state index contributed by atoms with van der Waals surface area (Å²) in [6, 6.07) is 13.4. The number of carbonyl (C=O) groups is 1. The Kier molecular flexibility index (Phi) is 9.27. The largest absolute Gasteiger partial charge is 0.490 e. The number of nitrogens with zero attached hydrogens (tertiary/aromatic N) is 6. The fourth-order valence-corrected chi connectivity index (χ4v) is 5.73. The molecule has 12 heteroatoms. The number of ether oxygens (including phenoxy) is 3. The highest BCUT2D eigenvalue weighted by molar-refractivity contribution is 6.30. The Bertz CT molecular complexity index is 1800. The molecule has 2 aromatic carbocycles. The minimum atomic E-state index is -0.518. The van der Waals surface area contributed by atoms with Crippen molar-refractivity contribution in [2.45, 2.75) is 52.1 Å². The van der Waals surface area contributed by atoms with E-state index in [-0.39, 0.29) is 24.4 Å². The molecule has 0 spiro atoms. The molecule has 0 unspecified atom stereocenters. The Morgan fingerprint density at radius 2 is 1.93 bits per heavy atom. The van der Waals surface area contributed by atoms with E-state index in [1.807, 2.05) is 36.8 Å². The van der Waals surface area contributed by atoms with Gasteiger partial charge in [0.2, 0.25) is 0 Å². The number of imidazole rings is 2. The van der Waals surface area contributed by atoms with Gasteiger partial charge in [-0.2, -0.15) is 0 Å². The Balaban J connectivity index is 1.11. The number of halogens is 2. The van der Waals surface area contributed by atoms with Crippen molar-refractivity contribution in [3.05, 3.63) is 101 Å². The van der Waals surface area contributed by atoms with Gasteiger partial charge in [0.1, 0.15) is 24.3 Å². The summed E-state index contributed by atoms with van der Waals surface area (Å²) in [5.41, 5.74) is 3.90. The van der Waals surface area contributed by atoms with Gasteiger partial charge in [0, 0.05) is 43.1 Å². The summed E-state index contributed by atoms with van der Waals surface area (Å²) < 4.78 is 35.2. The third kappa shape index (κ3) is 7.10. The quantitative estimate of drug-likeness (QED) is 0.166. The van der Waals surface area contributed by atoms with Gasteiger partial charge in [0.15, 0.2) is 11.6 Å². The van der Waals surface area contributed by atoms with Gasteiger partial charge in [-0.25, -0.2) is 19.2 Å². The molecule has 0 amide bonds. The summed E-state index contributed by atoms with van der Waals surface area (Å²) in [5, 5.41) is 0.312. The van der Waals surface area contributed by atoms with Crippen LogP contribution in [0.25, 0.3) is 11.0 Å². The average molecular weight is 633 g/mol. The maximum Gasteiger partial charge on any atom is 0.337 e. The number of aryl methyl sites for hydroxylation is 1. The second-order valence-corrected chi connectivity index (χ2v) is 11.4. The lowest BCUT2D eigenvalue weighted by molar-refractivity contribution is 0.0601. The van der Waals surface area contributed by atoms with E-state index in [0.29, 0.717) is 35.1 Å². The molecular formula is C33H34ClFN6O4. The number of rotatable bonds is 11. The van der Waals surface area contributed by atoms with E-state index >= 15 is 0 Å². The zero-order chi connectivity index (χ0) is 31.3. The van der Waals surface area contributed by atoms with Crippen LogP contribution in [-0.2, 0) is 31.0 Å². The zero-order valence-electron chi connectivity index (χ0n) is 25.2. The first-order valence-electron chi connectivity index (χ1n) is 14.9. The van der Waals surface area contributed by atoms with E-state index in [1.54, 1.807) is 18.3 Å². The second-order valence-electron chi connectivity index (χ2n) is 10.9. The van der Waals surface area contributed by atoms with Gasteiger partial charge in [0.25, 0.3) is 0 Å². The minimum Gasteiger partial charge on any atom is -0.490 e. The summed E-state index contributed by atoms with van der Waals surface area (Å²) in [6.45, 7) is 5.93. The number of piperidine rings is 1. The molecule has 1 fully saturated rings. The van der Waals surface area contributed by atoms with Crippen LogP contribution in [0.2, 0.25) is 5.02 Å². The summed E-state index contributed by atoms with van der Waals surface area (Å²) in [4.78, 5) is 28.3. The van der Waals surface area contributed by atoms with Crippen LogP contribution in [0.1, 0.15) is 47.3 Å². The van der Waals surface area contributed by atoms with Gasteiger partial charge >= 0.3 is 5.97 Å². The maximum atomic E-state index is 14.1. The first-order valence-corrected chi connectivity index (χ1v) is 15.3. The van der Waals surface area contributed by atoms with Crippen molar-refractivity contribution in [2.24, 2.45) is 0 Å². The van der Waals surface area contributed by atoms with Crippen molar-refractivity contribution in [2.75, 3.05) is 20.2 Å². The predicted octanol–water partition coefficient (Wildman–Crippen LogP) is 5.90. The number of carbonyl (C=O) groups excluding carboxylic acids is 1. The van der Waals surface area contributed by atoms with Gasteiger partial charge < -0.3 is 23.3 Å². The number of likely N-dealkylation sites (tertiary alicyclic amines) is 1. The molecule has 4 heterocycles. The molecule has 0 bridgehead atoms. The van der Waals surface area contributed by atoms with Gasteiger partial charge in [0.05, 0.1) is 54.5 Å². The fourth-order valence-electron chi connectivity index (χ4n) is 5.57. The van der Waals surface area contributed by atoms with Crippen molar-refractivity contribution in [1.29, 1.82) is 0 Å². The fraction of sp³-hybridized carbons (Fsp3) is 0.333. The molecule has 10 nitrogen and oxygen atoms in total. The summed E-state index contributed by atoms with van der Waals surface area (Å²) >= 11 is 5.83. The highest BCUT2D eigenvalue weighted by atomic mass is 35.5. The summed E-state index contributed by atoms with van der Waals surface area (Å²) in [6.07, 6.45) is 7.11. The number of hydrogen-bond donors (Lipinski definition) is 0. The Hall–Kier alpha value is -4.48. The molecule has 3 aromatic heterocycles. The van der Waals surface area contributed by atoms with Crippen LogP contribution < -0.4 is 9.47 Å². The van der Waals surface area contributed by atoms with E-state index < -0.39 is 5.82 Å². The van der Waals surface area contributed by atoms with Crippen molar-refractivity contribution in [3.8, 4) is 11.5 Å². The third-order valence-electron chi connectivity index (χ3n) is 7.97. The number of methoxy groups -OCH3 is 1.